The lowest BCUT2D eigenvalue weighted by atomic mass is 10.1. The third kappa shape index (κ3) is 7.86. The monoisotopic (exact) mass is 252 g/mol. The number of benzene rings is 1. The molecule has 0 heterocycles. The molecule has 0 aliphatic rings. The van der Waals surface area contributed by atoms with Gasteiger partial charge in [-0.2, -0.15) is 0 Å². The smallest absolute Gasteiger partial charge is 0.302 e. The summed E-state index contributed by atoms with van der Waals surface area (Å²) in [5.41, 5.74) is 7.04. The molecule has 0 fully saturated rings. The number of ether oxygens (including phenoxy) is 1. The van der Waals surface area contributed by atoms with Gasteiger partial charge in [0.1, 0.15) is 6.61 Å². The Morgan fingerprint density at radius 1 is 1.39 bits per heavy atom. The second-order valence-electron chi connectivity index (χ2n) is 3.43. The SMILES string of the molecule is CC(=O)OCc1cccc(C(N)=[NH2+])c1.CC(=O)[O-]. The summed E-state index contributed by atoms with van der Waals surface area (Å²) in [6, 6.07) is 7.24. The first-order chi connectivity index (χ1) is 8.32. The lowest BCUT2D eigenvalue weighted by Crippen LogP contribution is -2.46. The Labute approximate surface area is 105 Å². The van der Waals surface area contributed by atoms with Crippen LogP contribution in [-0.4, -0.2) is 17.8 Å². The normalized spacial score (nSPS) is 8.78. The molecule has 1 rings (SSSR count). The van der Waals surface area contributed by atoms with Crippen molar-refractivity contribution in [1.82, 2.24) is 0 Å². The zero-order valence-electron chi connectivity index (χ0n) is 10.3. The maximum atomic E-state index is 10.6. The summed E-state index contributed by atoms with van der Waals surface area (Å²) in [7, 11) is 0. The summed E-state index contributed by atoms with van der Waals surface area (Å²) in [6.45, 7) is 2.59. The van der Waals surface area contributed by atoms with Crippen molar-refractivity contribution in [2.45, 2.75) is 20.5 Å². The highest BCUT2D eigenvalue weighted by Crippen LogP contribution is 2.05. The quantitative estimate of drug-likeness (QED) is 0.365. The second-order valence-corrected chi connectivity index (χ2v) is 3.43. The van der Waals surface area contributed by atoms with Crippen LogP contribution in [-0.2, 0) is 20.9 Å². The van der Waals surface area contributed by atoms with E-state index in [1.807, 2.05) is 12.1 Å². The van der Waals surface area contributed by atoms with E-state index in [1.165, 1.54) is 6.92 Å². The summed E-state index contributed by atoms with van der Waals surface area (Å²) < 4.78 is 4.83. The van der Waals surface area contributed by atoms with E-state index in [0.717, 1.165) is 18.1 Å². The summed E-state index contributed by atoms with van der Waals surface area (Å²) in [5, 5.41) is 14.3. The molecule has 0 radical (unpaired) electrons. The number of hydrogen-bond donors (Lipinski definition) is 2. The van der Waals surface area contributed by atoms with Gasteiger partial charge < -0.3 is 14.6 Å². The number of carboxylic acid groups (broad SMARTS) is 1. The Kier molecular flexibility index (Phi) is 6.80. The van der Waals surface area contributed by atoms with Gasteiger partial charge >= 0.3 is 5.97 Å². The van der Waals surface area contributed by atoms with Crippen LogP contribution in [0.3, 0.4) is 0 Å². The van der Waals surface area contributed by atoms with Gasteiger partial charge in [0.15, 0.2) is 0 Å². The number of carbonyl (C=O) groups excluding carboxylic acids is 2. The van der Waals surface area contributed by atoms with Crippen LogP contribution in [0.5, 0.6) is 0 Å². The van der Waals surface area contributed by atoms with E-state index in [4.69, 9.17) is 25.8 Å². The minimum Gasteiger partial charge on any atom is -0.550 e. The molecule has 0 aliphatic carbocycles. The molecule has 1 aromatic carbocycles. The first-order valence-electron chi connectivity index (χ1n) is 5.11. The van der Waals surface area contributed by atoms with Gasteiger partial charge in [-0.3, -0.25) is 15.9 Å². The maximum absolute atomic E-state index is 10.6. The van der Waals surface area contributed by atoms with Crippen LogP contribution in [0.25, 0.3) is 0 Å². The molecular weight excluding hydrogens is 236 g/mol. The van der Waals surface area contributed by atoms with Crippen molar-refractivity contribution in [2.75, 3.05) is 0 Å². The molecule has 4 N–H and O–H groups in total. The van der Waals surface area contributed by atoms with E-state index < -0.39 is 5.97 Å². The average molecular weight is 252 g/mol. The van der Waals surface area contributed by atoms with Crippen LogP contribution in [0.2, 0.25) is 0 Å². The molecule has 0 saturated carbocycles. The van der Waals surface area contributed by atoms with Gasteiger partial charge in [0.05, 0.1) is 5.56 Å². The number of aliphatic carboxylic acids is 1. The average Bonchev–Trinajstić information content (AvgIpc) is 2.26. The van der Waals surface area contributed by atoms with Gasteiger partial charge in [-0.15, -0.1) is 0 Å². The van der Waals surface area contributed by atoms with Crippen LogP contribution < -0.4 is 16.2 Å². The van der Waals surface area contributed by atoms with Gasteiger partial charge in [0.25, 0.3) is 5.84 Å². The number of rotatable bonds is 3. The minimum absolute atomic E-state index is 0.246. The number of carbonyl (C=O) groups is 2. The van der Waals surface area contributed by atoms with Crippen molar-refractivity contribution in [3.8, 4) is 0 Å². The van der Waals surface area contributed by atoms with Crippen LogP contribution in [0, 0.1) is 0 Å². The molecule has 0 bridgehead atoms. The molecule has 0 aliphatic heterocycles. The summed E-state index contributed by atoms with van der Waals surface area (Å²) in [5.74, 6) is -1.13. The first-order valence-corrected chi connectivity index (χ1v) is 5.11. The molecule has 0 unspecified atom stereocenters. The molecule has 0 saturated heterocycles. The fraction of sp³-hybridized carbons (Fsp3) is 0.250. The molecule has 6 heteroatoms. The lowest BCUT2D eigenvalue weighted by molar-refractivity contribution is -0.302. The third-order valence-corrected chi connectivity index (χ3v) is 1.70. The Bertz CT molecular complexity index is 439. The van der Waals surface area contributed by atoms with Crippen LogP contribution >= 0.6 is 0 Å². The van der Waals surface area contributed by atoms with Crippen molar-refractivity contribution in [2.24, 2.45) is 5.73 Å². The predicted molar refractivity (Wildman–Crippen MR) is 62.8 cm³/mol. The number of nitrogens with two attached hydrogens (primary N) is 2. The van der Waals surface area contributed by atoms with E-state index in [2.05, 4.69) is 0 Å². The highest BCUT2D eigenvalue weighted by molar-refractivity contribution is 5.92. The van der Waals surface area contributed by atoms with E-state index >= 15 is 0 Å². The van der Waals surface area contributed by atoms with Gasteiger partial charge in [0.2, 0.25) is 0 Å². The molecule has 0 spiro atoms. The van der Waals surface area contributed by atoms with E-state index in [1.54, 1.807) is 12.1 Å². The van der Waals surface area contributed by atoms with E-state index in [9.17, 15) is 4.79 Å². The van der Waals surface area contributed by atoms with Crippen molar-refractivity contribution in [1.29, 1.82) is 0 Å². The number of carboxylic acids is 1. The standard InChI is InChI=1S/C10H12N2O2.C2H4O2/c1-7(13)14-6-8-3-2-4-9(5-8)10(11)12;1-2(3)4/h2-5H,6H2,1H3,(H3,11,12);1H3,(H,3,4). The van der Waals surface area contributed by atoms with Gasteiger partial charge in [-0.1, -0.05) is 12.1 Å². The third-order valence-electron chi connectivity index (χ3n) is 1.70. The van der Waals surface area contributed by atoms with Crippen LogP contribution in [0.4, 0.5) is 0 Å². The predicted octanol–water partition coefficient (Wildman–Crippen LogP) is -2.03. The Hall–Kier alpha value is -2.37. The number of amidine groups is 1. The van der Waals surface area contributed by atoms with Crippen molar-refractivity contribution >= 4 is 17.8 Å². The molecule has 0 atom stereocenters. The highest BCUT2D eigenvalue weighted by atomic mass is 16.5. The molecule has 1 aromatic rings. The van der Waals surface area contributed by atoms with Gasteiger partial charge in [-0.05, 0) is 24.6 Å². The Morgan fingerprint density at radius 3 is 2.39 bits per heavy atom. The van der Waals surface area contributed by atoms with Crippen molar-refractivity contribution in [3.63, 3.8) is 0 Å². The summed E-state index contributed by atoms with van der Waals surface area (Å²) in [6.07, 6.45) is 0. The summed E-state index contributed by atoms with van der Waals surface area (Å²) in [4.78, 5) is 19.4. The van der Waals surface area contributed by atoms with Crippen molar-refractivity contribution in [3.05, 3.63) is 35.4 Å². The molecule has 98 valence electrons. The van der Waals surface area contributed by atoms with Crippen LogP contribution in [0.1, 0.15) is 25.0 Å². The first kappa shape index (κ1) is 15.6. The van der Waals surface area contributed by atoms with Gasteiger partial charge in [0, 0.05) is 12.9 Å². The number of esters is 1. The fourth-order valence-electron chi connectivity index (χ4n) is 1.03. The molecule has 0 amide bonds. The Morgan fingerprint density at radius 2 is 1.94 bits per heavy atom. The molecule has 0 aromatic heterocycles. The molecule has 6 nitrogen and oxygen atoms in total. The van der Waals surface area contributed by atoms with E-state index in [0.29, 0.717) is 0 Å². The van der Waals surface area contributed by atoms with Crippen molar-refractivity contribution < 1.29 is 24.8 Å². The largest absolute Gasteiger partial charge is 0.550 e. The van der Waals surface area contributed by atoms with Crippen LogP contribution in [0.15, 0.2) is 24.3 Å². The minimum atomic E-state index is -1.08. The second kappa shape index (κ2) is 7.83. The molecular formula is C12H16N2O4. The Balaban J connectivity index is 0.000000631. The summed E-state index contributed by atoms with van der Waals surface area (Å²) >= 11 is 0. The van der Waals surface area contributed by atoms with Gasteiger partial charge in [-0.25, -0.2) is 0 Å². The highest BCUT2D eigenvalue weighted by Gasteiger charge is 2.03. The van der Waals surface area contributed by atoms with E-state index in [-0.39, 0.29) is 18.4 Å². The zero-order chi connectivity index (χ0) is 14.1. The molecule has 18 heavy (non-hydrogen) atoms. The fourth-order valence-corrected chi connectivity index (χ4v) is 1.03. The number of hydrogen-bond acceptors (Lipinski definition) is 4. The maximum Gasteiger partial charge on any atom is 0.302 e. The lowest BCUT2D eigenvalue weighted by Gasteiger charge is -2.02. The topological polar surface area (TPSA) is 118 Å². The zero-order valence-corrected chi connectivity index (χ0v) is 10.3.